The molecule has 0 bridgehead atoms. The van der Waals surface area contributed by atoms with E-state index in [0.29, 0.717) is 17.3 Å². The zero-order chi connectivity index (χ0) is 12.8. The Balaban J connectivity index is 2.56. The van der Waals surface area contributed by atoms with Crippen LogP contribution < -0.4 is 10.6 Å². The Kier molecular flexibility index (Phi) is 5.18. The topological polar surface area (TPSA) is 74.2 Å². The number of hydrogen-bond acceptors (Lipinski definition) is 3. The fraction of sp³-hybridized carbons (Fsp3) is 0.455. The average molecular weight is 258 g/mol. The van der Waals surface area contributed by atoms with E-state index >= 15 is 0 Å². The molecule has 0 fully saturated rings. The SMILES string of the molecule is Cc1cc(Cl)ncc1NC(=O)N[C@H](C)CCO. The van der Waals surface area contributed by atoms with E-state index in [4.69, 9.17) is 16.7 Å². The third-order valence-electron chi connectivity index (χ3n) is 2.27. The van der Waals surface area contributed by atoms with Crippen LogP contribution in [0.15, 0.2) is 12.3 Å². The molecule has 17 heavy (non-hydrogen) atoms. The standard InChI is InChI=1S/C11H16ClN3O2/c1-7-5-10(12)13-6-9(7)15-11(17)14-8(2)3-4-16/h5-6,8,16H,3-4H2,1-2H3,(H2,14,15,17)/t8-/m1/s1. The van der Waals surface area contributed by atoms with E-state index in [1.54, 1.807) is 6.07 Å². The van der Waals surface area contributed by atoms with Gasteiger partial charge in [-0.05, 0) is 31.9 Å². The Hall–Kier alpha value is -1.33. The van der Waals surface area contributed by atoms with Crippen molar-refractivity contribution in [2.45, 2.75) is 26.3 Å². The van der Waals surface area contributed by atoms with Crippen LogP contribution in [0, 0.1) is 6.92 Å². The summed E-state index contributed by atoms with van der Waals surface area (Å²) < 4.78 is 0. The molecule has 1 atom stereocenters. The molecule has 0 aliphatic heterocycles. The number of nitrogens with zero attached hydrogens (tertiary/aromatic N) is 1. The first-order valence-electron chi connectivity index (χ1n) is 5.33. The molecule has 0 radical (unpaired) electrons. The maximum absolute atomic E-state index is 11.6. The minimum Gasteiger partial charge on any atom is -0.396 e. The Morgan fingerprint density at radius 1 is 1.65 bits per heavy atom. The summed E-state index contributed by atoms with van der Waals surface area (Å²) in [6.07, 6.45) is 2.03. The molecule has 6 heteroatoms. The van der Waals surface area contributed by atoms with Gasteiger partial charge >= 0.3 is 6.03 Å². The Morgan fingerprint density at radius 2 is 2.35 bits per heavy atom. The number of halogens is 1. The molecule has 0 unspecified atom stereocenters. The smallest absolute Gasteiger partial charge is 0.319 e. The molecule has 2 amide bonds. The third-order valence-corrected chi connectivity index (χ3v) is 2.47. The number of aliphatic hydroxyl groups excluding tert-OH is 1. The molecular weight excluding hydrogens is 242 g/mol. The molecule has 5 nitrogen and oxygen atoms in total. The lowest BCUT2D eigenvalue weighted by Gasteiger charge is -2.14. The summed E-state index contributed by atoms with van der Waals surface area (Å²) in [4.78, 5) is 15.5. The number of aromatic nitrogens is 1. The van der Waals surface area contributed by atoms with Crippen LogP contribution >= 0.6 is 11.6 Å². The summed E-state index contributed by atoms with van der Waals surface area (Å²) in [5, 5.41) is 14.5. The Morgan fingerprint density at radius 3 is 2.94 bits per heavy atom. The molecule has 1 aromatic rings. The van der Waals surface area contributed by atoms with Crippen molar-refractivity contribution in [1.29, 1.82) is 0 Å². The highest BCUT2D eigenvalue weighted by atomic mass is 35.5. The molecule has 3 N–H and O–H groups in total. The van der Waals surface area contributed by atoms with E-state index in [-0.39, 0.29) is 18.7 Å². The van der Waals surface area contributed by atoms with Crippen molar-refractivity contribution in [1.82, 2.24) is 10.3 Å². The second kappa shape index (κ2) is 6.42. The highest BCUT2D eigenvalue weighted by Gasteiger charge is 2.08. The van der Waals surface area contributed by atoms with Crippen LogP contribution in [-0.2, 0) is 0 Å². The monoisotopic (exact) mass is 257 g/mol. The summed E-state index contributed by atoms with van der Waals surface area (Å²) in [7, 11) is 0. The second-order valence-electron chi connectivity index (χ2n) is 3.83. The zero-order valence-corrected chi connectivity index (χ0v) is 10.6. The minimum absolute atomic E-state index is 0.0446. The number of anilines is 1. The molecule has 1 aromatic heterocycles. The fourth-order valence-electron chi connectivity index (χ4n) is 1.30. The van der Waals surface area contributed by atoms with Crippen molar-refractivity contribution in [3.63, 3.8) is 0 Å². The average Bonchev–Trinajstić information content (AvgIpc) is 2.22. The van der Waals surface area contributed by atoms with Crippen LogP contribution in [0.25, 0.3) is 0 Å². The van der Waals surface area contributed by atoms with Gasteiger partial charge in [-0.2, -0.15) is 0 Å². The van der Waals surface area contributed by atoms with Gasteiger partial charge in [0.25, 0.3) is 0 Å². The number of amides is 2. The van der Waals surface area contributed by atoms with E-state index in [1.165, 1.54) is 6.20 Å². The summed E-state index contributed by atoms with van der Waals surface area (Å²) in [6, 6.07) is 1.27. The first kappa shape index (κ1) is 13.7. The van der Waals surface area contributed by atoms with Crippen molar-refractivity contribution < 1.29 is 9.90 Å². The lowest BCUT2D eigenvalue weighted by Crippen LogP contribution is -2.36. The second-order valence-corrected chi connectivity index (χ2v) is 4.22. The lowest BCUT2D eigenvalue weighted by molar-refractivity contribution is 0.241. The molecule has 94 valence electrons. The van der Waals surface area contributed by atoms with Crippen LogP contribution in [0.4, 0.5) is 10.5 Å². The van der Waals surface area contributed by atoms with E-state index in [1.807, 2.05) is 13.8 Å². The number of aliphatic hydroxyl groups is 1. The van der Waals surface area contributed by atoms with E-state index in [9.17, 15) is 4.79 Å². The van der Waals surface area contributed by atoms with Crippen LogP contribution in [0.3, 0.4) is 0 Å². The first-order valence-corrected chi connectivity index (χ1v) is 5.71. The van der Waals surface area contributed by atoms with E-state index in [2.05, 4.69) is 15.6 Å². The lowest BCUT2D eigenvalue weighted by atomic mass is 10.2. The summed E-state index contributed by atoms with van der Waals surface area (Å²) in [5.74, 6) is 0. The van der Waals surface area contributed by atoms with Gasteiger partial charge in [-0.25, -0.2) is 9.78 Å². The maximum atomic E-state index is 11.6. The van der Waals surface area contributed by atoms with Gasteiger partial charge in [0.05, 0.1) is 11.9 Å². The zero-order valence-electron chi connectivity index (χ0n) is 9.83. The Labute approximate surface area is 105 Å². The third kappa shape index (κ3) is 4.58. The number of pyridine rings is 1. The number of urea groups is 1. The molecular formula is C11H16ClN3O2. The number of rotatable bonds is 4. The molecule has 0 aromatic carbocycles. The molecule has 0 saturated carbocycles. The van der Waals surface area contributed by atoms with Crippen LogP contribution in [-0.4, -0.2) is 28.8 Å². The maximum Gasteiger partial charge on any atom is 0.319 e. The molecule has 0 saturated heterocycles. The van der Waals surface area contributed by atoms with Gasteiger partial charge < -0.3 is 15.7 Å². The number of aryl methyl sites for hydroxylation is 1. The van der Waals surface area contributed by atoms with Crippen LogP contribution in [0.1, 0.15) is 18.9 Å². The highest BCUT2D eigenvalue weighted by molar-refractivity contribution is 6.29. The predicted molar refractivity (Wildman–Crippen MR) is 67.3 cm³/mol. The molecule has 1 rings (SSSR count). The number of hydrogen-bond donors (Lipinski definition) is 3. The first-order chi connectivity index (χ1) is 8.02. The molecule has 1 heterocycles. The highest BCUT2D eigenvalue weighted by Crippen LogP contribution is 2.16. The van der Waals surface area contributed by atoms with Gasteiger partial charge in [-0.15, -0.1) is 0 Å². The van der Waals surface area contributed by atoms with Crippen molar-refractivity contribution >= 4 is 23.3 Å². The Bertz CT molecular complexity index is 398. The predicted octanol–water partition coefficient (Wildman–Crippen LogP) is 1.94. The number of carbonyl (C=O) groups is 1. The van der Waals surface area contributed by atoms with Crippen molar-refractivity contribution in [2.75, 3.05) is 11.9 Å². The van der Waals surface area contributed by atoms with Crippen molar-refractivity contribution in [3.8, 4) is 0 Å². The van der Waals surface area contributed by atoms with Gasteiger partial charge in [0.15, 0.2) is 0 Å². The number of nitrogens with one attached hydrogen (secondary N) is 2. The fourth-order valence-corrected chi connectivity index (χ4v) is 1.51. The van der Waals surface area contributed by atoms with Gasteiger partial charge in [-0.1, -0.05) is 11.6 Å². The van der Waals surface area contributed by atoms with Gasteiger partial charge in [-0.3, -0.25) is 0 Å². The quantitative estimate of drug-likeness (QED) is 0.722. The summed E-state index contributed by atoms with van der Waals surface area (Å²) in [5.41, 5.74) is 1.46. The largest absolute Gasteiger partial charge is 0.396 e. The van der Waals surface area contributed by atoms with Gasteiger partial charge in [0, 0.05) is 12.6 Å². The van der Waals surface area contributed by atoms with Crippen molar-refractivity contribution in [3.05, 3.63) is 23.0 Å². The van der Waals surface area contributed by atoms with Gasteiger partial charge in [0.1, 0.15) is 5.15 Å². The number of carbonyl (C=O) groups excluding carboxylic acids is 1. The van der Waals surface area contributed by atoms with Crippen LogP contribution in [0.5, 0.6) is 0 Å². The summed E-state index contributed by atoms with van der Waals surface area (Å²) >= 11 is 5.71. The van der Waals surface area contributed by atoms with E-state index < -0.39 is 0 Å². The normalized spacial score (nSPS) is 12.0. The molecule has 0 aliphatic rings. The van der Waals surface area contributed by atoms with Crippen molar-refractivity contribution in [2.24, 2.45) is 0 Å². The van der Waals surface area contributed by atoms with E-state index in [0.717, 1.165) is 5.56 Å². The van der Waals surface area contributed by atoms with Gasteiger partial charge in [0.2, 0.25) is 0 Å². The molecule has 0 spiro atoms. The minimum atomic E-state index is -0.321. The summed E-state index contributed by atoms with van der Waals surface area (Å²) in [6.45, 7) is 3.70. The molecule has 0 aliphatic carbocycles. The van der Waals surface area contributed by atoms with Crippen LogP contribution in [0.2, 0.25) is 5.15 Å².